The maximum absolute atomic E-state index is 11.9. The Morgan fingerprint density at radius 3 is 2.78 bits per heavy atom. The van der Waals surface area contributed by atoms with E-state index < -0.39 is 0 Å². The van der Waals surface area contributed by atoms with Crippen molar-refractivity contribution in [2.45, 2.75) is 26.2 Å². The van der Waals surface area contributed by atoms with Crippen molar-refractivity contribution in [2.75, 3.05) is 13.7 Å². The fraction of sp³-hybridized carbons (Fsp3) is 0.429. The Kier molecular flexibility index (Phi) is 5.91. The monoisotopic (exact) mass is 249 g/mol. The zero-order chi connectivity index (χ0) is 13.4. The summed E-state index contributed by atoms with van der Waals surface area (Å²) in [5.74, 6) is 0.278. The zero-order valence-corrected chi connectivity index (χ0v) is 10.9. The highest BCUT2D eigenvalue weighted by atomic mass is 16.5. The molecule has 98 valence electrons. The summed E-state index contributed by atoms with van der Waals surface area (Å²) in [4.78, 5) is 22.7. The second kappa shape index (κ2) is 7.48. The first kappa shape index (κ1) is 14.2. The summed E-state index contributed by atoms with van der Waals surface area (Å²) in [7, 11) is 1.50. The van der Waals surface area contributed by atoms with E-state index >= 15 is 0 Å². The molecule has 0 saturated carbocycles. The Balaban J connectivity index is 2.73. The van der Waals surface area contributed by atoms with Gasteiger partial charge in [-0.2, -0.15) is 0 Å². The number of unbranched alkanes of at least 4 members (excludes halogenated alkanes) is 2. The number of rotatable bonds is 7. The average Bonchev–Trinajstić information content (AvgIpc) is 2.42. The van der Waals surface area contributed by atoms with Gasteiger partial charge in [-0.3, -0.25) is 9.59 Å². The van der Waals surface area contributed by atoms with Gasteiger partial charge in [0, 0.05) is 12.1 Å². The van der Waals surface area contributed by atoms with Crippen LogP contribution in [-0.4, -0.2) is 25.8 Å². The lowest BCUT2D eigenvalue weighted by atomic mass is 10.1. The van der Waals surface area contributed by atoms with Gasteiger partial charge in [0.1, 0.15) is 12.0 Å². The van der Waals surface area contributed by atoms with Crippen LogP contribution in [0.15, 0.2) is 18.2 Å². The largest absolute Gasteiger partial charge is 0.496 e. The number of hydrogen-bond acceptors (Lipinski definition) is 3. The van der Waals surface area contributed by atoms with Gasteiger partial charge in [0.2, 0.25) is 0 Å². The van der Waals surface area contributed by atoms with Crippen LogP contribution in [-0.2, 0) is 0 Å². The van der Waals surface area contributed by atoms with Crippen LogP contribution in [0.4, 0.5) is 0 Å². The fourth-order valence-electron chi connectivity index (χ4n) is 1.65. The second-order valence-corrected chi connectivity index (χ2v) is 4.04. The first-order valence-corrected chi connectivity index (χ1v) is 6.14. The lowest BCUT2D eigenvalue weighted by molar-refractivity contribution is 0.0950. The van der Waals surface area contributed by atoms with Crippen LogP contribution < -0.4 is 10.1 Å². The normalized spacial score (nSPS) is 9.89. The number of benzene rings is 1. The highest BCUT2D eigenvalue weighted by Gasteiger charge is 2.12. The third kappa shape index (κ3) is 3.87. The summed E-state index contributed by atoms with van der Waals surface area (Å²) >= 11 is 0. The van der Waals surface area contributed by atoms with E-state index in [2.05, 4.69) is 12.2 Å². The molecule has 0 spiro atoms. The molecule has 1 N–H and O–H groups in total. The number of hydrogen-bond donors (Lipinski definition) is 1. The van der Waals surface area contributed by atoms with E-state index in [0.29, 0.717) is 29.7 Å². The van der Waals surface area contributed by atoms with Crippen molar-refractivity contribution < 1.29 is 14.3 Å². The maximum atomic E-state index is 11.9. The molecular weight excluding hydrogens is 230 g/mol. The molecule has 0 aromatic heterocycles. The molecule has 18 heavy (non-hydrogen) atoms. The van der Waals surface area contributed by atoms with Gasteiger partial charge in [0.25, 0.3) is 5.91 Å². The van der Waals surface area contributed by atoms with Gasteiger partial charge in [0.05, 0.1) is 12.7 Å². The first-order valence-electron chi connectivity index (χ1n) is 6.14. The van der Waals surface area contributed by atoms with Crippen molar-refractivity contribution in [1.82, 2.24) is 5.32 Å². The van der Waals surface area contributed by atoms with Gasteiger partial charge in [-0.25, -0.2) is 0 Å². The van der Waals surface area contributed by atoms with Crippen molar-refractivity contribution >= 4 is 12.2 Å². The Labute approximate surface area is 107 Å². The van der Waals surface area contributed by atoms with Gasteiger partial charge < -0.3 is 10.1 Å². The summed E-state index contributed by atoms with van der Waals surface area (Å²) in [5.41, 5.74) is 0.869. The van der Waals surface area contributed by atoms with Crippen LogP contribution in [0.2, 0.25) is 0 Å². The quantitative estimate of drug-likeness (QED) is 0.596. The molecule has 0 saturated heterocycles. The first-order chi connectivity index (χ1) is 8.72. The molecule has 0 aliphatic carbocycles. The van der Waals surface area contributed by atoms with E-state index in [1.807, 2.05) is 0 Å². The Bertz CT molecular complexity index is 416. The van der Waals surface area contributed by atoms with Gasteiger partial charge in [-0.15, -0.1) is 0 Å². The molecule has 0 aliphatic heterocycles. The van der Waals surface area contributed by atoms with E-state index in [1.165, 1.54) is 7.11 Å². The lowest BCUT2D eigenvalue weighted by Gasteiger charge is -2.09. The van der Waals surface area contributed by atoms with Crippen molar-refractivity contribution in [2.24, 2.45) is 0 Å². The number of nitrogens with one attached hydrogen (secondary N) is 1. The number of carbonyl (C=O) groups is 2. The summed E-state index contributed by atoms with van der Waals surface area (Å²) < 4.78 is 5.12. The van der Waals surface area contributed by atoms with E-state index in [9.17, 15) is 9.59 Å². The smallest absolute Gasteiger partial charge is 0.255 e. The van der Waals surface area contributed by atoms with Crippen LogP contribution in [0.3, 0.4) is 0 Å². The topological polar surface area (TPSA) is 55.4 Å². The number of aldehydes is 1. The van der Waals surface area contributed by atoms with Crippen LogP contribution >= 0.6 is 0 Å². The molecule has 4 nitrogen and oxygen atoms in total. The van der Waals surface area contributed by atoms with E-state index in [0.717, 1.165) is 19.3 Å². The molecule has 1 amide bonds. The third-order valence-electron chi connectivity index (χ3n) is 2.67. The molecule has 0 radical (unpaired) electrons. The lowest BCUT2D eigenvalue weighted by Crippen LogP contribution is -2.25. The van der Waals surface area contributed by atoms with Crippen molar-refractivity contribution in [3.05, 3.63) is 29.3 Å². The molecule has 0 unspecified atom stereocenters. The molecule has 1 aromatic rings. The summed E-state index contributed by atoms with van der Waals surface area (Å²) in [6, 6.07) is 4.80. The summed E-state index contributed by atoms with van der Waals surface area (Å²) in [5, 5.41) is 2.82. The molecule has 0 atom stereocenters. The zero-order valence-electron chi connectivity index (χ0n) is 10.9. The molecule has 0 fully saturated rings. The number of carbonyl (C=O) groups excluding carboxylic acids is 2. The minimum atomic E-state index is -0.202. The minimum absolute atomic E-state index is 0.202. The molecule has 1 rings (SSSR count). The highest BCUT2D eigenvalue weighted by Crippen LogP contribution is 2.19. The Hall–Kier alpha value is -1.84. The minimum Gasteiger partial charge on any atom is -0.496 e. The molecule has 0 aliphatic rings. The molecule has 4 heteroatoms. The molecule has 0 heterocycles. The highest BCUT2D eigenvalue weighted by molar-refractivity contribution is 5.98. The Morgan fingerprint density at radius 2 is 2.17 bits per heavy atom. The standard InChI is InChI=1S/C14H19NO3/c1-3-4-5-8-15-14(17)12-9-11(10-16)6-7-13(12)18-2/h6-7,9-10H,3-5,8H2,1-2H3,(H,15,17). The van der Waals surface area contributed by atoms with Crippen molar-refractivity contribution in [3.63, 3.8) is 0 Å². The van der Waals surface area contributed by atoms with Crippen molar-refractivity contribution in [1.29, 1.82) is 0 Å². The summed E-state index contributed by atoms with van der Waals surface area (Å²) in [6.07, 6.45) is 3.87. The average molecular weight is 249 g/mol. The number of amides is 1. The van der Waals surface area contributed by atoms with Gasteiger partial charge in [-0.05, 0) is 24.6 Å². The van der Waals surface area contributed by atoms with E-state index in [4.69, 9.17) is 4.74 Å². The Morgan fingerprint density at radius 1 is 1.39 bits per heavy atom. The van der Waals surface area contributed by atoms with E-state index in [1.54, 1.807) is 18.2 Å². The van der Waals surface area contributed by atoms with Crippen LogP contribution in [0.5, 0.6) is 5.75 Å². The van der Waals surface area contributed by atoms with Crippen LogP contribution in [0.1, 0.15) is 46.9 Å². The molecule has 0 bridgehead atoms. The molecule has 1 aromatic carbocycles. The molecular formula is C14H19NO3. The van der Waals surface area contributed by atoms with Gasteiger partial charge >= 0.3 is 0 Å². The fourth-order valence-corrected chi connectivity index (χ4v) is 1.65. The number of methoxy groups -OCH3 is 1. The summed E-state index contributed by atoms with van der Waals surface area (Å²) in [6.45, 7) is 2.75. The predicted molar refractivity (Wildman–Crippen MR) is 70.2 cm³/mol. The predicted octanol–water partition coefficient (Wildman–Crippen LogP) is 2.43. The van der Waals surface area contributed by atoms with E-state index in [-0.39, 0.29) is 5.91 Å². The number of ether oxygens (including phenoxy) is 1. The van der Waals surface area contributed by atoms with Gasteiger partial charge in [0.15, 0.2) is 0 Å². The van der Waals surface area contributed by atoms with Crippen LogP contribution in [0.25, 0.3) is 0 Å². The third-order valence-corrected chi connectivity index (χ3v) is 2.67. The van der Waals surface area contributed by atoms with Crippen LogP contribution in [0, 0.1) is 0 Å². The second-order valence-electron chi connectivity index (χ2n) is 4.04. The van der Waals surface area contributed by atoms with Crippen molar-refractivity contribution in [3.8, 4) is 5.75 Å². The maximum Gasteiger partial charge on any atom is 0.255 e. The SMILES string of the molecule is CCCCCNC(=O)c1cc(C=O)ccc1OC. The van der Waals surface area contributed by atoms with Gasteiger partial charge in [-0.1, -0.05) is 19.8 Å².